The molecule has 10 heteroatoms. The molecule has 1 aromatic carbocycles. The van der Waals surface area contributed by atoms with Gasteiger partial charge in [0, 0.05) is 19.1 Å². The molecule has 0 unspecified atom stereocenters. The molecule has 1 aliphatic heterocycles. The van der Waals surface area contributed by atoms with Crippen molar-refractivity contribution in [3.63, 3.8) is 0 Å². The fourth-order valence-corrected chi connectivity index (χ4v) is 2.83. The Hall–Kier alpha value is -2.49. The predicted molar refractivity (Wildman–Crippen MR) is 78.3 cm³/mol. The van der Waals surface area contributed by atoms with Gasteiger partial charge >= 0.3 is 6.18 Å². The number of anilines is 1. The number of hydrogen-bond donors (Lipinski definition) is 1. The molecule has 3 aromatic rings. The average Bonchev–Trinajstić information content (AvgIpc) is 2.94. The minimum absolute atomic E-state index is 0.0199. The molecule has 1 fully saturated rings. The highest BCUT2D eigenvalue weighted by Gasteiger charge is 2.36. The Morgan fingerprint density at radius 3 is 2.67 bits per heavy atom. The monoisotopic (exact) mass is 340 g/mol. The first-order chi connectivity index (χ1) is 11.4. The second kappa shape index (κ2) is 5.00. The summed E-state index contributed by atoms with van der Waals surface area (Å²) < 4.78 is 54.5. The number of nitrogens with zero attached hydrogens (tertiary/aromatic N) is 5. The van der Waals surface area contributed by atoms with Crippen LogP contribution in [0.4, 0.5) is 23.5 Å². The zero-order valence-electron chi connectivity index (χ0n) is 12.5. The maximum Gasteiger partial charge on any atom is 0.419 e. The van der Waals surface area contributed by atoms with Crippen LogP contribution >= 0.6 is 0 Å². The summed E-state index contributed by atoms with van der Waals surface area (Å²) in [4.78, 5) is 10.1. The summed E-state index contributed by atoms with van der Waals surface area (Å²) in [7, 11) is 1.84. The number of hydrogen-bond acceptors (Lipinski definition) is 5. The number of rotatable bonds is 2. The van der Waals surface area contributed by atoms with Crippen LogP contribution in [0.25, 0.3) is 16.6 Å². The Balaban J connectivity index is 1.94. The Morgan fingerprint density at radius 2 is 2.00 bits per heavy atom. The molecular formula is C14H12F4N6. The van der Waals surface area contributed by atoms with E-state index in [9.17, 15) is 17.6 Å². The fraction of sp³-hybridized carbons (Fsp3) is 0.357. The van der Waals surface area contributed by atoms with E-state index in [0.717, 1.165) is 6.07 Å². The van der Waals surface area contributed by atoms with Gasteiger partial charge in [-0.15, -0.1) is 0 Å². The third kappa shape index (κ3) is 2.09. The third-order valence-electron chi connectivity index (χ3n) is 4.18. The molecule has 0 bridgehead atoms. The summed E-state index contributed by atoms with van der Waals surface area (Å²) in [5.74, 6) is -0.950. The first-order valence-electron chi connectivity index (χ1n) is 7.21. The van der Waals surface area contributed by atoms with E-state index in [0.29, 0.717) is 31.1 Å². The summed E-state index contributed by atoms with van der Waals surface area (Å²) >= 11 is 0. The molecule has 0 amide bonds. The van der Waals surface area contributed by atoms with Crippen LogP contribution in [0.5, 0.6) is 0 Å². The normalized spacial score (nSPS) is 16.1. The average molecular weight is 340 g/mol. The number of aromatic nitrogens is 4. The van der Waals surface area contributed by atoms with Gasteiger partial charge in [-0.3, -0.25) is 0 Å². The largest absolute Gasteiger partial charge is 0.419 e. The van der Waals surface area contributed by atoms with Crippen molar-refractivity contribution in [3.8, 4) is 0 Å². The van der Waals surface area contributed by atoms with E-state index in [2.05, 4.69) is 20.4 Å². The fourth-order valence-electron chi connectivity index (χ4n) is 2.83. The molecule has 1 N–H and O–H groups in total. The van der Waals surface area contributed by atoms with Gasteiger partial charge in [0.05, 0.1) is 16.5 Å². The lowest BCUT2D eigenvalue weighted by Gasteiger charge is -2.39. The van der Waals surface area contributed by atoms with Crippen LogP contribution in [0.2, 0.25) is 0 Å². The number of nitrogens with one attached hydrogen (secondary N) is 1. The molecule has 0 spiro atoms. The molecule has 0 saturated carbocycles. The summed E-state index contributed by atoms with van der Waals surface area (Å²) in [5.41, 5.74) is -1.20. The van der Waals surface area contributed by atoms with Gasteiger partial charge < -0.3 is 10.2 Å². The molecule has 1 aliphatic rings. The Morgan fingerprint density at radius 1 is 1.25 bits per heavy atom. The molecular weight excluding hydrogens is 328 g/mol. The lowest BCUT2D eigenvalue weighted by Crippen LogP contribution is -2.58. The second-order valence-corrected chi connectivity index (χ2v) is 5.62. The third-order valence-corrected chi connectivity index (χ3v) is 4.18. The highest BCUT2D eigenvalue weighted by atomic mass is 19.4. The van der Waals surface area contributed by atoms with Crippen molar-refractivity contribution < 1.29 is 17.6 Å². The maximum absolute atomic E-state index is 14.5. The zero-order chi connectivity index (χ0) is 17.1. The van der Waals surface area contributed by atoms with Crippen LogP contribution in [0, 0.1) is 5.82 Å². The number of benzene rings is 1. The van der Waals surface area contributed by atoms with Crippen LogP contribution in [0.1, 0.15) is 5.56 Å². The van der Waals surface area contributed by atoms with Crippen LogP contribution in [0.15, 0.2) is 18.5 Å². The van der Waals surface area contributed by atoms with Crippen molar-refractivity contribution in [1.82, 2.24) is 24.9 Å². The second-order valence-electron chi connectivity index (χ2n) is 5.62. The molecule has 4 rings (SSSR count). The lowest BCUT2D eigenvalue weighted by molar-refractivity contribution is -0.139. The van der Waals surface area contributed by atoms with Crippen molar-refractivity contribution in [2.45, 2.75) is 12.2 Å². The van der Waals surface area contributed by atoms with Crippen LogP contribution in [-0.4, -0.2) is 45.8 Å². The molecule has 2 aromatic heterocycles. The van der Waals surface area contributed by atoms with Gasteiger partial charge in [0.2, 0.25) is 5.95 Å². The van der Waals surface area contributed by atoms with Crippen molar-refractivity contribution in [3.05, 3.63) is 29.8 Å². The molecule has 6 nitrogen and oxygen atoms in total. The minimum atomic E-state index is -4.79. The molecule has 24 heavy (non-hydrogen) atoms. The van der Waals surface area contributed by atoms with Gasteiger partial charge in [-0.1, -0.05) is 0 Å². The first-order valence-corrected chi connectivity index (χ1v) is 7.21. The molecule has 0 atom stereocenters. The van der Waals surface area contributed by atoms with E-state index in [1.807, 2.05) is 11.9 Å². The standard InChI is InChI=1S/C14H12F4N6/c1-19-7-4-23(5-7)13-22-9-3-2-8(14(16,17)18)11(15)10(9)12-20-6-21-24(12)13/h2-3,6-7,19H,4-5H2,1H3. The van der Waals surface area contributed by atoms with Gasteiger partial charge in [0.15, 0.2) is 5.65 Å². The van der Waals surface area contributed by atoms with Crippen LogP contribution in [-0.2, 0) is 6.18 Å². The lowest BCUT2D eigenvalue weighted by atomic mass is 10.1. The molecule has 3 heterocycles. The van der Waals surface area contributed by atoms with Crippen LogP contribution in [0.3, 0.4) is 0 Å². The zero-order valence-corrected chi connectivity index (χ0v) is 12.5. The van der Waals surface area contributed by atoms with E-state index < -0.39 is 17.6 Å². The summed E-state index contributed by atoms with van der Waals surface area (Å²) in [5, 5.41) is 6.82. The Bertz CT molecular complexity index is 928. The van der Waals surface area contributed by atoms with E-state index in [1.165, 1.54) is 10.8 Å². The van der Waals surface area contributed by atoms with Gasteiger partial charge in [0.25, 0.3) is 0 Å². The van der Waals surface area contributed by atoms with Crippen molar-refractivity contribution in [1.29, 1.82) is 0 Å². The Labute approximate surface area is 133 Å². The van der Waals surface area contributed by atoms with E-state index >= 15 is 0 Å². The summed E-state index contributed by atoms with van der Waals surface area (Å²) in [6.07, 6.45) is -3.61. The molecule has 126 valence electrons. The molecule has 0 radical (unpaired) electrons. The number of halogens is 4. The first kappa shape index (κ1) is 15.1. The highest BCUT2D eigenvalue weighted by molar-refractivity contribution is 5.93. The van der Waals surface area contributed by atoms with E-state index in [1.54, 1.807) is 0 Å². The summed E-state index contributed by atoms with van der Waals surface area (Å²) in [6.45, 7) is 1.35. The van der Waals surface area contributed by atoms with Crippen molar-refractivity contribution in [2.75, 3.05) is 25.0 Å². The minimum Gasteiger partial charge on any atom is -0.337 e. The highest BCUT2D eigenvalue weighted by Crippen LogP contribution is 2.36. The van der Waals surface area contributed by atoms with Crippen molar-refractivity contribution >= 4 is 22.5 Å². The van der Waals surface area contributed by atoms with E-state index in [4.69, 9.17) is 0 Å². The SMILES string of the molecule is CNC1CN(c2nc3ccc(C(F)(F)F)c(F)c3c3ncnn23)C1. The van der Waals surface area contributed by atoms with Crippen molar-refractivity contribution in [2.24, 2.45) is 0 Å². The number of alkyl halides is 3. The maximum atomic E-state index is 14.5. The van der Waals surface area contributed by atoms with Crippen LogP contribution < -0.4 is 10.2 Å². The smallest absolute Gasteiger partial charge is 0.337 e. The van der Waals surface area contributed by atoms with Gasteiger partial charge in [-0.2, -0.15) is 22.8 Å². The van der Waals surface area contributed by atoms with E-state index in [-0.39, 0.29) is 16.6 Å². The quantitative estimate of drug-likeness (QED) is 0.722. The van der Waals surface area contributed by atoms with Gasteiger partial charge in [-0.05, 0) is 19.2 Å². The van der Waals surface area contributed by atoms with Gasteiger partial charge in [0.1, 0.15) is 12.1 Å². The Kier molecular flexibility index (Phi) is 3.14. The number of likely N-dealkylation sites (N-methyl/N-ethyl adjacent to an activating group) is 1. The summed E-state index contributed by atoms with van der Waals surface area (Å²) in [6, 6.07) is 2.16. The number of fused-ring (bicyclic) bond motifs is 3. The topological polar surface area (TPSA) is 58.3 Å². The predicted octanol–water partition coefficient (Wildman–Crippen LogP) is 1.84. The molecule has 0 aliphatic carbocycles. The van der Waals surface area contributed by atoms with Gasteiger partial charge in [-0.25, -0.2) is 14.4 Å². The molecule has 1 saturated heterocycles.